The molecule has 1 atom stereocenters. The minimum Gasteiger partial charge on any atom is -0.356 e. The monoisotopic (exact) mass is 196 g/mol. The fourth-order valence-corrected chi connectivity index (χ4v) is 1.93. The van der Waals surface area contributed by atoms with Gasteiger partial charge >= 0.3 is 0 Å². The van der Waals surface area contributed by atoms with Crippen LogP contribution in [-0.2, 0) is 4.79 Å². The molecule has 80 valence electrons. The van der Waals surface area contributed by atoms with E-state index in [0.29, 0.717) is 18.3 Å². The number of hydrogen-bond donors (Lipinski definition) is 2. The summed E-state index contributed by atoms with van der Waals surface area (Å²) < 4.78 is 0. The summed E-state index contributed by atoms with van der Waals surface area (Å²) in [6, 6.07) is 0. The van der Waals surface area contributed by atoms with Crippen LogP contribution in [0.25, 0.3) is 0 Å². The molecule has 1 heterocycles. The van der Waals surface area contributed by atoms with Gasteiger partial charge in [-0.3, -0.25) is 4.79 Å². The molecule has 1 amide bonds. The van der Waals surface area contributed by atoms with Crippen LogP contribution in [0.3, 0.4) is 0 Å². The minimum atomic E-state index is 0.240. The van der Waals surface area contributed by atoms with E-state index < -0.39 is 0 Å². The molecule has 3 heteroatoms. The highest BCUT2D eigenvalue weighted by Gasteiger charge is 2.28. The average molecular weight is 196 g/mol. The molecular formula is C11H20N2O. The number of hydrogen-bond acceptors (Lipinski definition) is 2. The fourth-order valence-electron chi connectivity index (χ4n) is 1.93. The standard InChI is InChI=1S/C11H20N2O/c1-8(10-2-3-10)5-13-11(14)4-9-6-12-7-9/h8-10,12H,2-7H2,1H3,(H,13,14). The molecule has 0 aromatic rings. The Hall–Kier alpha value is -0.570. The molecule has 0 radical (unpaired) electrons. The third-order valence-corrected chi connectivity index (χ3v) is 3.39. The van der Waals surface area contributed by atoms with E-state index in [2.05, 4.69) is 17.6 Å². The maximum absolute atomic E-state index is 11.5. The van der Waals surface area contributed by atoms with Gasteiger partial charge in [0.2, 0.25) is 5.91 Å². The molecule has 2 aliphatic rings. The Morgan fingerprint density at radius 3 is 2.71 bits per heavy atom. The lowest BCUT2D eigenvalue weighted by atomic mass is 9.99. The summed E-state index contributed by atoms with van der Waals surface area (Å²) in [7, 11) is 0. The van der Waals surface area contributed by atoms with Crippen molar-refractivity contribution in [3.63, 3.8) is 0 Å². The molecule has 0 aromatic heterocycles. The van der Waals surface area contributed by atoms with Crippen molar-refractivity contribution >= 4 is 5.91 Å². The Balaban J connectivity index is 1.56. The molecule has 2 rings (SSSR count). The second kappa shape index (κ2) is 4.30. The van der Waals surface area contributed by atoms with Gasteiger partial charge in [-0.2, -0.15) is 0 Å². The number of carbonyl (C=O) groups is 1. The molecular weight excluding hydrogens is 176 g/mol. The van der Waals surface area contributed by atoms with E-state index in [9.17, 15) is 4.79 Å². The van der Waals surface area contributed by atoms with Crippen molar-refractivity contribution in [3.8, 4) is 0 Å². The number of nitrogens with one attached hydrogen (secondary N) is 2. The summed E-state index contributed by atoms with van der Waals surface area (Å²) in [5.41, 5.74) is 0. The summed E-state index contributed by atoms with van der Waals surface area (Å²) in [6.45, 7) is 5.16. The zero-order valence-corrected chi connectivity index (χ0v) is 8.88. The molecule has 1 aliphatic carbocycles. The first-order valence-electron chi connectivity index (χ1n) is 5.73. The van der Waals surface area contributed by atoms with Crippen LogP contribution in [0, 0.1) is 17.8 Å². The van der Waals surface area contributed by atoms with Gasteiger partial charge < -0.3 is 10.6 Å². The topological polar surface area (TPSA) is 41.1 Å². The van der Waals surface area contributed by atoms with E-state index in [1.165, 1.54) is 12.8 Å². The van der Waals surface area contributed by atoms with Gasteiger partial charge in [0, 0.05) is 13.0 Å². The van der Waals surface area contributed by atoms with Crippen LogP contribution in [0.15, 0.2) is 0 Å². The Morgan fingerprint density at radius 1 is 1.50 bits per heavy atom. The van der Waals surface area contributed by atoms with Crippen molar-refractivity contribution in [3.05, 3.63) is 0 Å². The highest BCUT2D eigenvalue weighted by atomic mass is 16.1. The second-order valence-electron chi connectivity index (χ2n) is 4.85. The van der Waals surface area contributed by atoms with Gasteiger partial charge in [-0.25, -0.2) is 0 Å². The molecule has 14 heavy (non-hydrogen) atoms. The van der Waals surface area contributed by atoms with E-state index in [1.807, 2.05) is 0 Å². The molecule has 0 aromatic carbocycles. The first-order valence-corrected chi connectivity index (χ1v) is 5.73. The first-order chi connectivity index (χ1) is 6.75. The van der Waals surface area contributed by atoms with E-state index >= 15 is 0 Å². The third kappa shape index (κ3) is 2.71. The van der Waals surface area contributed by atoms with Crippen molar-refractivity contribution in [2.24, 2.45) is 17.8 Å². The van der Waals surface area contributed by atoms with Crippen LogP contribution in [0.2, 0.25) is 0 Å². The Bertz CT molecular complexity index is 209. The smallest absolute Gasteiger partial charge is 0.220 e. The van der Waals surface area contributed by atoms with Gasteiger partial charge in [-0.15, -0.1) is 0 Å². The Kier molecular flexibility index (Phi) is 3.06. The minimum absolute atomic E-state index is 0.240. The lowest BCUT2D eigenvalue weighted by Gasteiger charge is -2.26. The van der Waals surface area contributed by atoms with Crippen LogP contribution < -0.4 is 10.6 Å². The lowest BCUT2D eigenvalue weighted by molar-refractivity contribution is -0.122. The molecule has 0 spiro atoms. The number of rotatable bonds is 5. The van der Waals surface area contributed by atoms with Crippen LogP contribution >= 0.6 is 0 Å². The van der Waals surface area contributed by atoms with E-state index in [4.69, 9.17) is 0 Å². The van der Waals surface area contributed by atoms with Crippen molar-refractivity contribution in [2.75, 3.05) is 19.6 Å². The SMILES string of the molecule is CC(CNC(=O)CC1CNC1)C1CC1. The van der Waals surface area contributed by atoms with Crippen molar-refractivity contribution in [1.82, 2.24) is 10.6 Å². The molecule has 0 bridgehead atoms. The summed E-state index contributed by atoms with van der Waals surface area (Å²) in [4.78, 5) is 11.5. The van der Waals surface area contributed by atoms with Gasteiger partial charge in [0.05, 0.1) is 0 Å². The molecule has 1 aliphatic heterocycles. The summed E-state index contributed by atoms with van der Waals surface area (Å²) in [6.07, 6.45) is 3.44. The molecule has 1 saturated carbocycles. The van der Waals surface area contributed by atoms with Crippen LogP contribution in [0.4, 0.5) is 0 Å². The number of carbonyl (C=O) groups excluding carboxylic acids is 1. The van der Waals surface area contributed by atoms with Gasteiger partial charge in [0.25, 0.3) is 0 Å². The largest absolute Gasteiger partial charge is 0.356 e. The molecule has 1 unspecified atom stereocenters. The molecule has 2 fully saturated rings. The Labute approximate surface area is 85.6 Å². The van der Waals surface area contributed by atoms with Gasteiger partial charge in [-0.1, -0.05) is 6.92 Å². The van der Waals surface area contributed by atoms with Crippen LogP contribution in [0.5, 0.6) is 0 Å². The van der Waals surface area contributed by atoms with Crippen molar-refractivity contribution in [2.45, 2.75) is 26.2 Å². The quantitative estimate of drug-likeness (QED) is 0.681. The zero-order valence-electron chi connectivity index (χ0n) is 8.88. The van der Waals surface area contributed by atoms with Gasteiger partial charge in [0.15, 0.2) is 0 Å². The van der Waals surface area contributed by atoms with Crippen molar-refractivity contribution < 1.29 is 4.79 Å². The third-order valence-electron chi connectivity index (χ3n) is 3.39. The predicted molar refractivity (Wildman–Crippen MR) is 55.9 cm³/mol. The van der Waals surface area contributed by atoms with E-state index in [0.717, 1.165) is 25.6 Å². The average Bonchev–Trinajstić information content (AvgIpc) is 2.90. The van der Waals surface area contributed by atoms with Gasteiger partial charge in [-0.05, 0) is 43.7 Å². The Morgan fingerprint density at radius 2 is 2.21 bits per heavy atom. The van der Waals surface area contributed by atoms with E-state index in [-0.39, 0.29) is 5.91 Å². The molecule has 1 saturated heterocycles. The maximum Gasteiger partial charge on any atom is 0.220 e. The van der Waals surface area contributed by atoms with Crippen LogP contribution in [-0.4, -0.2) is 25.5 Å². The van der Waals surface area contributed by atoms with Gasteiger partial charge in [0.1, 0.15) is 0 Å². The highest BCUT2D eigenvalue weighted by Crippen LogP contribution is 2.36. The molecule has 3 nitrogen and oxygen atoms in total. The number of amides is 1. The van der Waals surface area contributed by atoms with Crippen molar-refractivity contribution in [1.29, 1.82) is 0 Å². The summed E-state index contributed by atoms with van der Waals surface area (Å²) in [5.74, 6) is 2.40. The highest BCUT2D eigenvalue weighted by molar-refractivity contribution is 5.76. The zero-order chi connectivity index (χ0) is 9.97. The maximum atomic E-state index is 11.5. The summed E-state index contributed by atoms with van der Waals surface area (Å²) in [5, 5.41) is 6.22. The predicted octanol–water partition coefficient (Wildman–Crippen LogP) is 0.758. The lowest BCUT2D eigenvalue weighted by Crippen LogP contribution is -2.44. The van der Waals surface area contributed by atoms with Crippen LogP contribution in [0.1, 0.15) is 26.2 Å². The summed E-state index contributed by atoms with van der Waals surface area (Å²) >= 11 is 0. The second-order valence-corrected chi connectivity index (χ2v) is 4.85. The molecule has 2 N–H and O–H groups in total. The van der Waals surface area contributed by atoms with E-state index in [1.54, 1.807) is 0 Å². The fraction of sp³-hybridized carbons (Fsp3) is 0.909. The first kappa shape index (κ1) is 9.97. The normalized spacial score (nSPS) is 24.1.